The van der Waals surface area contributed by atoms with Crippen LogP contribution in [0.1, 0.15) is 36.7 Å². The summed E-state index contributed by atoms with van der Waals surface area (Å²) in [5, 5.41) is 0. The lowest BCUT2D eigenvalue weighted by molar-refractivity contribution is 0.0201. The number of allylic oxidation sites excluding steroid dienone is 1. The fourth-order valence-corrected chi connectivity index (χ4v) is 2.55. The van der Waals surface area contributed by atoms with Gasteiger partial charge in [-0.25, -0.2) is 4.79 Å². The predicted molar refractivity (Wildman–Crippen MR) is 106 cm³/mol. The number of ketones is 1. The van der Waals surface area contributed by atoms with Crippen molar-refractivity contribution in [2.75, 3.05) is 13.9 Å². The zero-order chi connectivity index (χ0) is 21.0. The molecule has 0 aliphatic carbocycles. The highest BCUT2D eigenvalue weighted by atomic mass is 16.7. The highest BCUT2D eigenvalue weighted by molar-refractivity contribution is 6.07. The quantitative estimate of drug-likeness (QED) is 0.314. The lowest BCUT2D eigenvalue weighted by Crippen LogP contribution is -2.26. The summed E-state index contributed by atoms with van der Waals surface area (Å²) in [5.74, 6) is 1.50. The fourth-order valence-electron chi connectivity index (χ4n) is 2.55. The third kappa shape index (κ3) is 5.28. The van der Waals surface area contributed by atoms with Gasteiger partial charge in [0.05, 0.1) is 7.11 Å². The van der Waals surface area contributed by atoms with E-state index in [2.05, 4.69) is 0 Å². The van der Waals surface area contributed by atoms with Gasteiger partial charge < -0.3 is 23.7 Å². The molecule has 7 heteroatoms. The molecule has 2 aromatic rings. The number of benzene rings is 2. The first-order chi connectivity index (χ1) is 13.7. The maximum absolute atomic E-state index is 12.5. The van der Waals surface area contributed by atoms with Crippen molar-refractivity contribution in [1.82, 2.24) is 0 Å². The van der Waals surface area contributed by atoms with Crippen LogP contribution >= 0.6 is 0 Å². The van der Waals surface area contributed by atoms with Crippen molar-refractivity contribution in [2.24, 2.45) is 0 Å². The molecule has 1 aliphatic rings. The van der Waals surface area contributed by atoms with Crippen LogP contribution in [0.15, 0.2) is 42.5 Å². The topological polar surface area (TPSA) is 80.3 Å². The van der Waals surface area contributed by atoms with Gasteiger partial charge in [0.25, 0.3) is 0 Å². The van der Waals surface area contributed by atoms with Gasteiger partial charge in [0.15, 0.2) is 28.8 Å². The van der Waals surface area contributed by atoms with Gasteiger partial charge >= 0.3 is 6.16 Å². The van der Waals surface area contributed by atoms with Crippen LogP contribution in [-0.4, -0.2) is 31.4 Å². The molecule has 0 unspecified atom stereocenters. The standard InChI is InChI=1S/C22H22O7/c1-22(2,3)29-21(24)28-18-10-7-15(12-19(18)25-4)16(23)8-5-14-6-9-17-20(11-14)27-13-26-17/h5-12H,13H2,1-4H3/b8-5+. The van der Waals surface area contributed by atoms with Crippen LogP contribution in [-0.2, 0) is 4.74 Å². The number of carbonyl (C=O) groups excluding carboxylic acids is 2. The molecule has 1 aliphatic heterocycles. The SMILES string of the molecule is COc1cc(C(=O)/C=C/c2ccc3c(c2)OCO3)ccc1OC(=O)OC(C)(C)C. The molecular weight excluding hydrogens is 376 g/mol. The Balaban J connectivity index is 1.71. The van der Waals surface area contributed by atoms with E-state index >= 15 is 0 Å². The summed E-state index contributed by atoms with van der Waals surface area (Å²) >= 11 is 0. The molecule has 1 heterocycles. The van der Waals surface area contributed by atoms with Crippen molar-refractivity contribution in [3.63, 3.8) is 0 Å². The molecule has 152 valence electrons. The van der Waals surface area contributed by atoms with E-state index in [1.165, 1.54) is 25.3 Å². The summed E-state index contributed by atoms with van der Waals surface area (Å²) in [7, 11) is 1.42. The summed E-state index contributed by atoms with van der Waals surface area (Å²) < 4.78 is 26.1. The van der Waals surface area contributed by atoms with Crippen molar-refractivity contribution in [3.8, 4) is 23.0 Å². The van der Waals surface area contributed by atoms with Gasteiger partial charge in [-0.2, -0.15) is 0 Å². The van der Waals surface area contributed by atoms with E-state index in [4.69, 9.17) is 23.7 Å². The molecule has 0 N–H and O–H groups in total. The second-order valence-electron chi connectivity index (χ2n) is 7.24. The van der Waals surface area contributed by atoms with Gasteiger partial charge in [0, 0.05) is 5.56 Å². The summed E-state index contributed by atoms with van der Waals surface area (Å²) in [6.45, 7) is 5.40. The normalized spacial score (nSPS) is 12.7. The minimum absolute atomic E-state index is 0.165. The lowest BCUT2D eigenvalue weighted by atomic mass is 10.1. The summed E-state index contributed by atoms with van der Waals surface area (Å²) in [6, 6.07) is 9.96. The molecule has 3 rings (SSSR count). The third-order valence-electron chi connectivity index (χ3n) is 3.85. The average Bonchev–Trinajstić information content (AvgIpc) is 3.12. The van der Waals surface area contributed by atoms with E-state index in [1.54, 1.807) is 45.0 Å². The molecule has 0 amide bonds. The summed E-state index contributed by atoms with van der Waals surface area (Å²) in [5.41, 5.74) is 0.509. The number of carbonyl (C=O) groups is 2. The number of ether oxygens (including phenoxy) is 5. The average molecular weight is 398 g/mol. The third-order valence-corrected chi connectivity index (χ3v) is 3.85. The van der Waals surface area contributed by atoms with Crippen LogP contribution < -0.4 is 18.9 Å². The zero-order valence-corrected chi connectivity index (χ0v) is 16.7. The summed E-state index contributed by atoms with van der Waals surface area (Å²) in [4.78, 5) is 24.4. The van der Waals surface area contributed by atoms with Gasteiger partial charge in [-0.3, -0.25) is 4.79 Å². The van der Waals surface area contributed by atoms with Gasteiger partial charge in [0.2, 0.25) is 6.79 Å². The minimum Gasteiger partial charge on any atom is -0.493 e. The molecule has 2 aromatic carbocycles. The number of hydrogen-bond donors (Lipinski definition) is 0. The van der Waals surface area contributed by atoms with Gasteiger partial charge in [-0.15, -0.1) is 0 Å². The lowest BCUT2D eigenvalue weighted by Gasteiger charge is -2.19. The molecule has 0 saturated carbocycles. The highest BCUT2D eigenvalue weighted by Gasteiger charge is 2.20. The maximum Gasteiger partial charge on any atom is 0.514 e. The number of methoxy groups -OCH3 is 1. The van der Waals surface area contributed by atoms with Crippen LogP contribution in [0.4, 0.5) is 4.79 Å². The molecule has 0 aromatic heterocycles. The van der Waals surface area contributed by atoms with E-state index in [1.807, 2.05) is 6.07 Å². The number of rotatable bonds is 5. The fraction of sp³-hybridized carbons (Fsp3) is 0.273. The predicted octanol–water partition coefficient (Wildman–Crippen LogP) is 4.63. The Morgan fingerprint density at radius 3 is 2.48 bits per heavy atom. The first-order valence-corrected chi connectivity index (χ1v) is 8.96. The Hall–Kier alpha value is -3.48. The van der Waals surface area contributed by atoms with E-state index in [0.717, 1.165) is 5.56 Å². The van der Waals surface area contributed by atoms with Gasteiger partial charge in [-0.1, -0.05) is 12.1 Å². The maximum atomic E-state index is 12.5. The second kappa shape index (κ2) is 8.26. The molecule has 0 atom stereocenters. The Morgan fingerprint density at radius 2 is 1.76 bits per heavy atom. The molecule has 29 heavy (non-hydrogen) atoms. The van der Waals surface area contributed by atoms with Gasteiger partial charge in [-0.05, 0) is 62.7 Å². The molecular formula is C22H22O7. The van der Waals surface area contributed by atoms with Crippen molar-refractivity contribution in [2.45, 2.75) is 26.4 Å². The van der Waals surface area contributed by atoms with Gasteiger partial charge in [0.1, 0.15) is 5.60 Å². The molecule has 0 spiro atoms. The highest BCUT2D eigenvalue weighted by Crippen LogP contribution is 2.33. The van der Waals surface area contributed by atoms with Crippen molar-refractivity contribution in [1.29, 1.82) is 0 Å². The van der Waals surface area contributed by atoms with Crippen molar-refractivity contribution in [3.05, 3.63) is 53.6 Å². The van der Waals surface area contributed by atoms with Crippen LogP contribution in [0.3, 0.4) is 0 Å². The number of hydrogen-bond acceptors (Lipinski definition) is 7. The van der Waals surface area contributed by atoms with E-state index in [0.29, 0.717) is 17.1 Å². The minimum atomic E-state index is -0.849. The zero-order valence-electron chi connectivity index (χ0n) is 16.7. The van der Waals surface area contributed by atoms with Crippen molar-refractivity contribution < 1.29 is 33.3 Å². The Morgan fingerprint density at radius 1 is 1.00 bits per heavy atom. The molecule has 7 nitrogen and oxygen atoms in total. The van der Waals surface area contributed by atoms with Crippen LogP contribution in [0.5, 0.6) is 23.0 Å². The molecule has 0 radical (unpaired) electrons. The van der Waals surface area contributed by atoms with Crippen LogP contribution in [0.25, 0.3) is 6.08 Å². The van der Waals surface area contributed by atoms with Crippen molar-refractivity contribution >= 4 is 18.0 Å². The number of fused-ring (bicyclic) bond motifs is 1. The molecule has 0 fully saturated rings. The molecule has 0 saturated heterocycles. The Labute approximate surface area is 168 Å². The Kier molecular flexibility index (Phi) is 5.77. The van der Waals surface area contributed by atoms with Crippen LogP contribution in [0.2, 0.25) is 0 Å². The summed E-state index contributed by atoms with van der Waals surface area (Å²) in [6.07, 6.45) is 2.28. The molecule has 0 bridgehead atoms. The Bertz CT molecular complexity index is 954. The first kappa shape index (κ1) is 20.3. The van der Waals surface area contributed by atoms with E-state index in [-0.39, 0.29) is 24.1 Å². The second-order valence-corrected chi connectivity index (χ2v) is 7.24. The smallest absolute Gasteiger partial charge is 0.493 e. The van der Waals surface area contributed by atoms with E-state index < -0.39 is 11.8 Å². The monoisotopic (exact) mass is 398 g/mol. The van der Waals surface area contributed by atoms with Crippen LogP contribution in [0, 0.1) is 0 Å². The van der Waals surface area contributed by atoms with E-state index in [9.17, 15) is 9.59 Å². The largest absolute Gasteiger partial charge is 0.514 e. The first-order valence-electron chi connectivity index (χ1n) is 8.96.